The highest BCUT2D eigenvalue weighted by Gasteiger charge is 1.83. The van der Waals surface area contributed by atoms with E-state index in [1.165, 1.54) is 17.0 Å². The number of aromatic amines is 1. The fourth-order valence-corrected chi connectivity index (χ4v) is 1.20. The van der Waals surface area contributed by atoms with Crippen LogP contribution in [0.3, 0.4) is 0 Å². The van der Waals surface area contributed by atoms with Gasteiger partial charge in [-0.2, -0.15) is 0 Å². The minimum absolute atomic E-state index is 1.23. The second kappa shape index (κ2) is 17.6. The Labute approximate surface area is 127 Å². The summed E-state index contributed by atoms with van der Waals surface area (Å²) in [6.45, 7) is 18.2. The summed E-state index contributed by atoms with van der Waals surface area (Å²) in [6.07, 6.45) is 4.03. The van der Waals surface area contributed by atoms with Crippen LogP contribution in [0.2, 0.25) is 0 Å². The highest BCUT2D eigenvalue weighted by molar-refractivity contribution is 5.12. The molecule has 0 saturated carbocycles. The molecule has 0 saturated heterocycles. The Morgan fingerprint density at radius 3 is 1.50 bits per heavy atom. The van der Waals surface area contributed by atoms with Crippen LogP contribution in [0.1, 0.15) is 58.5 Å². The van der Waals surface area contributed by atoms with E-state index in [1.54, 1.807) is 0 Å². The van der Waals surface area contributed by atoms with E-state index in [2.05, 4.69) is 35.5 Å². The molecule has 118 valence electrons. The van der Waals surface area contributed by atoms with Gasteiger partial charge >= 0.3 is 0 Å². The summed E-state index contributed by atoms with van der Waals surface area (Å²) in [6, 6.07) is 6.23. The molecule has 2 rings (SSSR count). The molecule has 2 aromatic heterocycles. The van der Waals surface area contributed by atoms with Crippen LogP contribution in [-0.2, 0) is 7.05 Å². The van der Waals surface area contributed by atoms with Crippen LogP contribution in [0.25, 0.3) is 0 Å². The lowest BCUT2D eigenvalue weighted by atomic mass is 10.4. The van der Waals surface area contributed by atoms with Crippen molar-refractivity contribution >= 4 is 0 Å². The standard InChI is InChI=1S/2C6H9N.3C2H6/c1-5-3-6(2)7-4-5;1-6-4-3-5-7(6)2;3*1-2/h3-4,7H,1-2H3;3-5H,1-2H3;3*1-2H3. The molecule has 0 bridgehead atoms. The van der Waals surface area contributed by atoms with Crippen LogP contribution in [-0.4, -0.2) is 9.55 Å². The van der Waals surface area contributed by atoms with Crippen molar-refractivity contribution in [2.75, 3.05) is 0 Å². The Morgan fingerprint density at radius 1 is 0.900 bits per heavy atom. The largest absolute Gasteiger partial charge is 0.365 e. The van der Waals surface area contributed by atoms with Crippen LogP contribution in [0.4, 0.5) is 0 Å². The molecule has 2 nitrogen and oxygen atoms in total. The predicted molar refractivity (Wildman–Crippen MR) is 94.5 cm³/mol. The maximum absolute atomic E-state index is 3.07. The van der Waals surface area contributed by atoms with Gasteiger partial charge in [-0.25, -0.2) is 0 Å². The molecule has 1 N–H and O–H groups in total. The van der Waals surface area contributed by atoms with Gasteiger partial charge in [0.15, 0.2) is 0 Å². The van der Waals surface area contributed by atoms with Crippen LogP contribution in [0, 0.1) is 20.8 Å². The molecule has 0 aliphatic rings. The van der Waals surface area contributed by atoms with Gasteiger partial charge in [0, 0.05) is 30.8 Å². The van der Waals surface area contributed by atoms with E-state index in [0.29, 0.717) is 0 Å². The fraction of sp³-hybridized carbons (Fsp3) is 0.556. The van der Waals surface area contributed by atoms with Gasteiger partial charge in [-0.1, -0.05) is 41.5 Å². The van der Waals surface area contributed by atoms with Crippen molar-refractivity contribution in [2.24, 2.45) is 7.05 Å². The SMILES string of the molecule is CC.CC.CC.Cc1c[nH]c(C)c1.Cc1cccn1C. The molecular weight excluding hydrogens is 244 g/mol. The normalized spacial score (nSPS) is 7.50. The fourth-order valence-electron chi connectivity index (χ4n) is 1.20. The number of H-pyrrole nitrogens is 1. The quantitative estimate of drug-likeness (QED) is 0.607. The van der Waals surface area contributed by atoms with Gasteiger partial charge in [-0.05, 0) is 44.5 Å². The van der Waals surface area contributed by atoms with Crippen LogP contribution in [0.15, 0.2) is 30.6 Å². The zero-order valence-corrected chi connectivity index (χ0v) is 15.3. The third kappa shape index (κ3) is 13.0. The number of nitrogens with one attached hydrogen (secondary N) is 1. The van der Waals surface area contributed by atoms with Crippen molar-refractivity contribution in [1.29, 1.82) is 0 Å². The molecule has 0 spiro atoms. The first kappa shape index (κ1) is 23.6. The Kier molecular flexibility index (Phi) is 20.8. The molecule has 0 amide bonds. The summed E-state index contributed by atoms with van der Waals surface area (Å²) in [5.41, 5.74) is 3.84. The Bertz CT molecular complexity index is 351. The third-order valence-electron chi connectivity index (χ3n) is 2.18. The van der Waals surface area contributed by atoms with Gasteiger partial charge in [0.05, 0.1) is 0 Å². The van der Waals surface area contributed by atoms with E-state index < -0.39 is 0 Å². The number of nitrogens with zero attached hydrogens (tertiary/aromatic N) is 1. The average Bonchev–Trinajstić information content (AvgIpc) is 3.06. The molecule has 2 aromatic rings. The van der Waals surface area contributed by atoms with Crippen LogP contribution < -0.4 is 0 Å². The van der Waals surface area contributed by atoms with E-state index in [1.807, 2.05) is 74.0 Å². The van der Waals surface area contributed by atoms with Gasteiger partial charge in [0.1, 0.15) is 0 Å². The van der Waals surface area contributed by atoms with Gasteiger partial charge in [0.2, 0.25) is 0 Å². The number of rotatable bonds is 0. The first-order chi connectivity index (χ1) is 9.59. The molecular formula is C18H36N2. The monoisotopic (exact) mass is 280 g/mol. The number of aromatic nitrogens is 2. The van der Waals surface area contributed by atoms with Crippen molar-refractivity contribution in [2.45, 2.75) is 62.3 Å². The second-order valence-electron chi connectivity index (χ2n) is 3.62. The summed E-state index contributed by atoms with van der Waals surface area (Å²) in [5, 5.41) is 0. The first-order valence-corrected chi connectivity index (χ1v) is 7.79. The van der Waals surface area contributed by atoms with Gasteiger partial charge in [-0.15, -0.1) is 0 Å². The van der Waals surface area contributed by atoms with E-state index >= 15 is 0 Å². The van der Waals surface area contributed by atoms with Gasteiger partial charge in [-0.3, -0.25) is 0 Å². The van der Waals surface area contributed by atoms with Gasteiger partial charge < -0.3 is 9.55 Å². The highest BCUT2D eigenvalue weighted by atomic mass is 14.9. The number of hydrogen-bond acceptors (Lipinski definition) is 0. The Balaban J connectivity index is -0.000000211. The maximum atomic E-state index is 3.07. The van der Waals surface area contributed by atoms with Crippen molar-refractivity contribution in [1.82, 2.24) is 9.55 Å². The second-order valence-corrected chi connectivity index (χ2v) is 3.62. The van der Waals surface area contributed by atoms with Crippen molar-refractivity contribution in [3.8, 4) is 0 Å². The topological polar surface area (TPSA) is 20.7 Å². The zero-order chi connectivity index (χ0) is 16.6. The smallest absolute Gasteiger partial charge is 0.0140 e. The first-order valence-electron chi connectivity index (χ1n) is 7.79. The van der Waals surface area contributed by atoms with Crippen molar-refractivity contribution in [3.63, 3.8) is 0 Å². The molecule has 0 unspecified atom stereocenters. The molecule has 0 aliphatic heterocycles. The lowest BCUT2D eigenvalue weighted by Crippen LogP contribution is -1.84. The lowest BCUT2D eigenvalue weighted by Gasteiger charge is -1.89. The Morgan fingerprint density at radius 2 is 1.40 bits per heavy atom. The maximum Gasteiger partial charge on any atom is 0.0140 e. The molecule has 0 radical (unpaired) electrons. The van der Waals surface area contributed by atoms with E-state index in [0.717, 1.165) is 0 Å². The molecule has 2 heterocycles. The molecule has 0 fully saturated rings. The summed E-state index contributed by atoms with van der Waals surface area (Å²) >= 11 is 0. The van der Waals surface area contributed by atoms with Crippen molar-refractivity contribution in [3.05, 3.63) is 47.5 Å². The minimum atomic E-state index is 1.23. The third-order valence-corrected chi connectivity index (χ3v) is 2.18. The predicted octanol–water partition coefficient (Wildman–Crippen LogP) is 6.04. The molecule has 0 atom stereocenters. The van der Waals surface area contributed by atoms with Crippen LogP contribution >= 0.6 is 0 Å². The molecule has 2 heteroatoms. The summed E-state index contributed by atoms with van der Waals surface area (Å²) in [7, 11) is 2.04. The van der Waals surface area contributed by atoms with E-state index in [-0.39, 0.29) is 0 Å². The molecule has 20 heavy (non-hydrogen) atoms. The molecule has 0 aromatic carbocycles. The van der Waals surface area contributed by atoms with Crippen LogP contribution in [0.5, 0.6) is 0 Å². The number of hydrogen-bond donors (Lipinski definition) is 1. The zero-order valence-electron chi connectivity index (χ0n) is 15.3. The summed E-state index contributed by atoms with van der Waals surface area (Å²) in [4.78, 5) is 3.07. The minimum Gasteiger partial charge on any atom is -0.365 e. The highest BCUT2D eigenvalue weighted by Crippen LogP contribution is 1.97. The van der Waals surface area contributed by atoms with Gasteiger partial charge in [0.25, 0.3) is 0 Å². The number of aryl methyl sites for hydroxylation is 4. The van der Waals surface area contributed by atoms with Crippen molar-refractivity contribution < 1.29 is 0 Å². The molecule has 0 aliphatic carbocycles. The lowest BCUT2D eigenvalue weighted by molar-refractivity contribution is 0.882. The van der Waals surface area contributed by atoms with E-state index in [9.17, 15) is 0 Å². The Hall–Kier alpha value is -1.44. The summed E-state index contributed by atoms with van der Waals surface area (Å²) < 4.78 is 2.08. The average molecular weight is 281 g/mol. The van der Waals surface area contributed by atoms with E-state index in [4.69, 9.17) is 0 Å². The summed E-state index contributed by atoms with van der Waals surface area (Å²) in [5.74, 6) is 0.